The molecule has 2 aromatic carbocycles. The van der Waals surface area contributed by atoms with E-state index in [1.165, 1.54) is 12.1 Å². The standard InChI is InChI=1S/C28H31Cl2F2N3O2/c1-5-28(31,32)19-12-16(2)26-23(14-19)34(4)24(33-26)15-21-22(29)7-6-20(25(21)30)27(37)35-10-8-18(9-11-35)13-17(3)36/h5-7,12,14,17-18,36H,1,8-11,13,15H2,2-4H3. The predicted molar refractivity (Wildman–Crippen MR) is 144 cm³/mol. The van der Waals surface area contributed by atoms with Gasteiger partial charge < -0.3 is 14.6 Å². The highest BCUT2D eigenvalue weighted by Gasteiger charge is 2.30. The number of rotatable bonds is 7. The molecule has 1 aliphatic rings. The van der Waals surface area contributed by atoms with Crippen molar-refractivity contribution in [3.05, 3.63) is 75.0 Å². The van der Waals surface area contributed by atoms with Crippen molar-refractivity contribution in [1.29, 1.82) is 0 Å². The molecule has 0 bridgehead atoms. The molecule has 1 aromatic heterocycles. The Hall–Kier alpha value is -2.48. The van der Waals surface area contributed by atoms with Crippen molar-refractivity contribution < 1.29 is 18.7 Å². The van der Waals surface area contributed by atoms with Gasteiger partial charge >= 0.3 is 0 Å². The summed E-state index contributed by atoms with van der Waals surface area (Å²) in [5.74, 6) is -2.33. The second-order valence-electron chi connectivity index (χ2n) is 9.96. The number of aliphatic hydroxyl groups is 1. The van der Waals surface area contributed by atoms with Crippen LogP contribution >= 0.6 is 23.2 Å². The number of nitrogens with zero attached hydrogens (tertiary/aromatic N) is 3. The van der Waals surface area contributed by atoms with E-state index in [-0.39, 0.29) is 29.0 Å². The molecule has 1 atom stereocenters. The summed E-state index contributed by atoms with van der Waals surface area (Å²) in [6.45, 7) is 7.98. The van der Waals surface area contributed by atoms with Crippen LogP contribution in [0.15, 0.2) is 36.9 Å². The number of fused-ring (bicyclic) bond motifs is 1. The van der Waals surface area contributed by atoms with E-state index in [0.717, 1.165) is 19.3 Å². The molecule has 1 saturated heterocycles. The Kier molecular flexibility index (Phi) is 7.98. The molecule has 198 valence electrons. The number of imidazole rings is 1. The number of piperidine rings is 1. The van der Waals surface area contributed by atoms with Gasteiger partial charge in [0.15, 0.2) is 0 Å². The van der Waals surface area contributed by atoms with Crippen LogP contribution in [0.1, 0.15) is 59.1 Å². The molecule has 0 aliphatic carbocycles. The van der Waals surface area contributed by atoms with Crippen LogP contribution in [0.4, 0.5) is 8.78 Å². The zero-order valence-electron chi connectivity index (χ0n) is 21.2. The second kappa shape index (κ2) is 10.7. The molecule has 1 unspecified atom stereocenters. The van der Waals surface area contributed by atoms with Gasteiger partial charge in [-0.05, 0) is 80.5 Å². The molecule has 1 aliphatic heterocycles. The molecular formula is C28H31Cl2F2N3O2. The van der Waals surface area contributed by atoms with E-state index in [0.29, 0.717) is 63.7 Å². The number of allylic oxidation sites excluding steroid dienone is 1. The fourth-order valence-corrected chi connectivity index (χ4v) is 5.67. The van der Waals surface area contributed by atoms with E-state index in [1.54, 1.807) is 42.5 Å². The first-order valence-electron chi connectivity index (χ1n) is 12.3. The minimum absolute atomic E-state index is 0.150. The first-order valence-corrected chi connectivity index (χ1v) is 13.1. The summed E-state index contributed by atoms with van der Waals surface area (Å²) in [6, 6.07) is 6.14. The number of carbonyl (C=O) groups excluding carboxylic acids is 1. The van der Waals surface area contributed by atoms with Crippen molar-refractivity contribution in [3.8, 4) is 0 Å². The number of hydrogen-bond donors (Lipinski definition) is 1. The molecule has 1 fully saturated rings. The smallest absolute Gasteiger partial charge is 0.291 e. The number of aryl methyl sites for hydroxylation is 2. The molecule has 2 heterocycles. The minimum Gasteiger partial charge on any atom is -0.393 e. The maximum Gasteiger partial charge on any atom is 0.291 e. The summed E-state index contributed by atoms with van der Waals surface area (Å²) in [5.41, 5.74) is 2.58. The highest BCUT2D eigenvalue weighted by Crippen LogP contribution is 2.35. The van der Waals surface area contributed by atoms with Crippen molar-refractivity contribution in [3.63, 3.8) is 0 Å². The molecule has 1 N–H and O–H groups in total. The van der Waals surface area contributed by atoms with Gasteiger partial charge in [-0.25, -0.2) is 4.98 Å². The van der Waals surface area contributed by atoms with Gasteiger partial charge in [-0.1, -0.05) is 29.8 Å². The van der Waals surface area contributed by atoms with E-state index >= 15 is 0 Å². The summed E-state index contributed by atoms with van der Waals surface area (Å²) in [5, 5.41) is 10.3. The third-order valence-corrected chi connectivity index (χ3v) is 8.02. The van der Waals surface area contributed by atoms with Gasteiger partial charge in [-0.2, -0.15) is 8.78 Å². The van der Waals surface area contributed by atoms with Crippen LogP contribution in [0, 0.1) is 12.8 Å². The van der Waals surface area contributed by atoms with Gasteiger partial charge in [0.1, 0.15) is 5.82 Å². The summed E-state index contributed by atoms with van der Waals surface area (Å²) in [4.78, 5) is 19.8. The van der Waals surface area contributed by atoms with E-state index < -0.39 is 5.92 Å². The van der Waals surface area contributed by atoms with Gasteiger partial charge in [0.2, 0.25) is 0 Å². The van der Waals surface area contributed by atoms with E-state index in [2.05, 4.69) is 6.58 Å². The summed E-state index contributed by atoms with van der Waals surface area (Å²) in [7, 11) is 1.76. The SMILES string of the molecule is C=CC(F)(F)c1cc(C)c2nc(Cc3c(Cl)ccc(C(=O)N4CCC(CC(C)O)CC4)c3Cl)n(C)c2c1. The van der Waals surface area contributed by atoms with E-state index in [4.69, 9.17) is 28.2 Å². The maximum absolute atomic E-state index is 14.3. The van der Waals surface area contributed by atoms with Gasteiger partial charge in [-0.3, -0.25) is 4.79 Å². The monoisotopic (exact) mass is 549 g/mol. The fraction of sp³-hybridized carbons (Fsp3) is 0.429. The maximum atomic E-state index is 14.3. The minimum atomic E-state index is -3.16. The van der Waals surface area contributed by atoms with E-state index in [1.807, 2.05) is 0 Å². The number of aromatic nitrogens is 2. The Bertz CT molecular complexity index is 1350. The summed E-state index contributed by atoms with van der Waals surface area (Å²) < 4.78 is 30.4. The lowest BCUT2D eigenvalue weighted by Crippen LogP contribution is -2.39. The number of aliphatic hydroxyl groups excluding tert-OH is 1. The van der Waals surface area contributed by atoms with Crippen LogP contribution < -0.4 is 0 Å². The largest absolute Gasteiger partial charge is 0.393 e. The number of likely N-dealkylation sites (tertiary alicyclic amines) is 1. The average molecular weight is 550 g/mol. The normalized spacial score (nSPS) is 15.8. The number of benzene rings is 2. The number of hydrogen-bond acceptors (Lipinski definition) is 3. The summed E-state index contributed by atoms with van der Waals surface area (Å²) >= 11 is 13.3. The van der Waals surface area contributed by atoms with Crippen molar-refractivity contribution in [2.45, 2.75) is 51.6 Å². The number of carbonyl (C=O) groups is 1. The second-order valence-corrected chi connectivity index (χ2v) is 10.7. The Labute approximate surface area is 225 Å². The molecule has 4 rings (SSSR count). The molecule has 9 heteroatoms. The Morgan fingerprint density at radius 2 is 1.97 bits per heavy atom. The molecule has 0 saturated carbocycles. The molecule has 0 spiro atoms. The first-order chi connectivity index (χ1) is 17.4. The molecule has 5 nitrogen and oxygen atoms in total. The number of halogens is 4. The lowest BCUT2D eigenvalue weighted by molar-refractivity contribution is 0.0526. The van der Waals surface area contributed by atoms with Crippen molar-refractivity contribution in [2.75, 3.05) is 13.1 Å². The lowest BCUT2D eigenvalue weighted by Gasteiger charge is -2.33. The zero-order valence-corrected chi connectivity index (χ0v) is 22.7. The molecule has 3 aromatic rings. The molecule has 37 heavy (non-hydrogen) atoms. The Balaban J connectivity index is 1.63. The highest BCUT2D eigenvalue weighted by molar-refractivity contribution is 6.38. The number of amides is 1. The Morgan fingerprint density at radius 1 is 1.30 bits per heavy atom. The predicted octanol–water partition coefficient (Wildman–Crippen LogP) is 6.68. The van der Waals surface area contributed by atoms with Crippen LogP contribution in [0.3, 0.4) is 0 Å². The lowest BCUT2D eigenvalue weighted by atomic mass is 9.91. The highest BCUT2D eigenvalue weighted by atomic mass is 35.5. The fourth-order valence-electron chi connectivity index (χ4n) is 5.08. The van der Waals surface area contributed by atoms with Crippen LogP contribution in [0.2, 0.25) is 10.0 Å². The quantitative estimate of drug-likeness (QED) is 0.334. The van der Waals surface area contributed by atoms with Crippen molar-refractivity contribution in [2.24, 2.45) is 13.0 Å². The third kappa shape index (κ3) is 5.54. The van der Waals surface area contributed by atoms with Crippen LogP contribution in [0.5, 0.6) is 0 Å². The van der Waals surface area contributed by atoms with Gasteiger partial charge in [0.25, 0.3) is 11.8 Å². The zero-order chi connectivity index (χ0) is 27.1. The topological polar surface area (TPSA) is 58.4 Å². The van der Waals surface area contributed by atoms with E-state index in [9.17, 15) is 18.7 Å². The van der Waals surface area contributed by atoms with Crippen LogP contribution in [-0.4, -0.2) is 44.7 Å². The molecule has 0 radical (unpaired) electrons. The Morgan fingerprint density at radius 3 is 2.59 bits per heavy atom. The van der Waals surface area contributed by atoms with Crippen LogP contribution in [-0.2, 0) is 19.4 Å². The average Bonchev–Trinajstić information content (AvgIpc) is 3.17. The summed E-state index contributed by atoms with van der Waals surface area (Å²) in [6.07, 6.45) is 2.91. The number of alkyl halides is 2. The van der Waals surface area contributed by atoms with Crippen molar-refractivity contribution in [1.82, 2.24) is 14.5 Å². The third-order valence-electron chi connectivity index (χ3n) is 7.24. The van der Waals surface area contributed by atoms with Crippen LogP contribution in [0.25, 0.3) is 11.0 Å². The van der Waals surface area contributed by atoms with Crippen molar-refractivity contribution >= 4 is 40.1 Å². The van der Waals surface area contributed by atoms with Gasteiger partial charge in [-0.15, -0.1) is 0 Å². The molecular weight excluding hydrogens is 519 g/mol. The first kappa shape index (κ1) is 27.6. The van der Waals surface area contributed by atoms with Gasteiger partial charge in [0.05, 0.1) is 27.7 Å². The van der Waals surface area contributed by atoms with Gasteiger partial charge in [0, 0.05) is 37.1 Å². The molecule has 1 amide bonds.